The summed E-state index contributed by atoms with van der Waals surface area (Å²) in [5, 5.41) is 20.2. The van der Waals surface area contributed by atoms with Crippen molar-refractivity contribution in [2.75, 3.05) is 0 Å². The first kappa shape index (κ1) is 13.1. The lowest BCUT2D eigenvalue weighted by Gasteiger charge is -2.40. The van der Waals surface area contributed by atoms with Gasteiger partial charge in [-0.15, -0.1) is 0 Å². The smallest absolute Gasteiger partial charge is 0.309 e. The van der Waals surface area contributed by atoms with E-state index in [1.807, 2.05) is 31.2 Å². The molecule has 0 aliphatic heterocycles. The minimum Gasteiger partial charge on any atom is -0.481 e. The fourth-order valence-corrected chi connectivity index (χ4v) is 3.13. The highest BCUT2D eigenvalue weighted by atomic mass is 16.4. The lowest BCUT2D eigenvalue weighted by Crippen LogP contribution is -2.42. The van der Waals surface area contributed by atoms with Crippen LogP contribution in [0.3, 0.4) is 0 Å². The van der Waals surface area contributed by atoms with Crippen LogP contribution >= 0.6 is 0 Å². The molecule has 0 amide bonds. The number of aliphatic hydroxyl groups is 1. The number of rotatable bonds is 3. The van der Waals surface area contributed by atoms with Gasteiger partial charge in [0.15, 0.2) is 0 Å². The first-order chi connectivity index (χ1) is 8.50. The van der Waals surface area contributed by atoms with Crippen molar-refractivity contribution < 1.29 is 15.0 Å². The van der Waals surface area contributed by atoms with Gasteiger partial charge in [-0.05, 0) is 36.3 Å². The fraction of sp³-hybridized carbons (Fsp3) is 0.533. The predicted molar refractivity (Wildman–Crippen MR) is 69.4 cm³/mol. The van der Waals surface area contributed by atoms with Gasteiger partial charge in [-0.3, -0.25) is 4.79 Å². The molecule has 0 aromatic heterocycles. The van der Waals surface area contributed by atoms with E-state index in [9.17, 15) is 15.0 Å². The van der Waals surface area contributed by atoms with Crippen LogP contribution in [0.1, 0.15) is 50.2 Å². The maximum atomic E-state index is 11.4. The summed E-state index contributed by atoms with van der Waals surface area (Å²) in [6, 6.07) is 7.69. The van der Waals surface area contributed by atoms with Crippen molar-refractivity contribution in [3.63, 3.8) is 0 Å². The van der Waals surface area contributed by atoms with Crippen LogP contribution in [0.4, 0.5) is 0 Å². The summed E-state index contributed by atoms with van der Waals surface area (Å²) in [6.07, 6.45) is 1.79. The Hall–Kier alpha value is -1.35. The Balaban J connectivity index is 2.52. The highest BCUT2D eigenvalue weighted by Crippen LogP contribution is 2.46. The molecule has 0 saturated heterocycles. The normalized spacial score (nSPS) is 28.5. The number of carbonyl (C=O) groups is 1. The zero-order valence-electron chi connectivity index (χ0n) is 10.9. The van der Waals surface area contributed by atoms with Crippen LogP contribution in [0.2, 0.25) is 0 Å². The van der Waals surface area contributed by atoms with Gasteiger partial charge in [-0.1, -0.05) is 38.1 Å². The molecule has 0 spiro atoms. The van der Waals surface area contributed by atoms with Gasteiger partial charge in [0.05, 0.1) is 5.92 Å². The maximum Gasteiger partial charge on any atom is 0.309 e. The van der Waals surface area contributed by atoms with Gasteiger partial charge < -0.3 is 10.2 Å². The van der Waals surface area contributed by atoms with Crippen LogP contribution in [0.15, 0.2) is 24.3 Å². The van der Waals surface area contributed by atoms with Crippen LogP contribution in [0.25, 0.3) is 0 Å². The maximum absolute atomic E-state index is 11.4. The van der Waals surface area contributed by atoms with Crippen molar-refractivity contribution in [3.05, 3.63) is 35.4 Å². The van der Waals surface area contributed by atoms with Crippen LogP contribution in [-0.4, -0.2) is 16.2 Å². The average Bonchev–Trinajstić information content (AvgIpc) is 2.35. The molecule has 3 nitrogen and oxygen atoms in total. The van der Waals surface area contributed by atoms with Gasteiger partial charge >= 0.3 is 5.97 Å². The Kier molecular flexibility index (Phi) is 3.44. The highest BCUT2D eigenvalue weighted by Gasteiger charge is 2.45. The number of hydrogen-bond donors (Lipinski definition) is 2. The van der Waals surface area contributed by atoms with E-state index in [0.29, 0.717) is 18.8 Å². The zero-order valence-corrected chi connectivity index (χ0v) is 10.9. The molecule has 3 unspecified atom stereocenters. The number of hydrogen-bond acceptors (Lipinski definition) is 2. The molecular formula is C15H20O3. The second kappa shape index (κ2) is 4.73. The fourth-order valence-electron chi connectivity index (χ4n) is 3.13. The number of benzene rings is 1. The summed E-state index contributed by atoms with van der Waals surface area (Å²) >= 11 is 0. The Bertz CT molecular complexity index is 455. The summed E-state index contributed by atoms with van der Waals surface area (Å²) in [5.74, 6) is -1.26. The molecule has 3 heteroatoms. The number of fused-ring (bicyclic) bond motifs is 1. The molecule has 2 N–H and O–H groups in total. The SMILES string of the molecule is CCC(C(=O)O)C1(O)CCC(C)c2ccccc21. The molecule has 1 aromatic carbocycles. The molecule has 2 rings (SSSR count). The standard InChI is InChI=1S/C15H20O3/c1-3-12(14(16)17)15(18)9-8-10(2)11-6-4-5-7-13(11)15/h4-7,10,12,18H,3,8-9H2,1-2H3,(H,16,17). The Morgan fingerprint density at radius 2 is 2.17 bits per heavy atom. The summed E-state index contributed by atoms with van der Waals surface area (Å²) in [7, 11) is 0. The molecule has 0 radical (unpaired) electrons. The Morgan fingerprint density at radius 1 is 1.50 bits per heavy atom. The summed E-state index contributed by atoms with van der Waals surface area (Å²) in [6.45, 7) is 3.94. The van der Waals surface area contributed by atoms with Gasteiger partial charge in [-0.25, -0.2) is 0 Å². The van der Waals surface area contributed by atoms with Crippen molar-refractivity contribution in [1.29, 1.82) is 0 Å². The highest BCUT2D eigenvalue weighted by molar-refractivity contribution is 5.72. The average molecular weight is 248 g/mol. The van der Waals surface area contributed by atoms with E-state index in [4.69, 9.17) is 0 Å². The minimum atomic E-state index is -1.22. The van der Waals surface area contributed by atoms with Gasteiger partial charge in [0.25, 0.3) is 0 Å². The van der Waals surface area contributed by atoms with E-state index < -0.39 is 17.5 Å². The second-order valence-electron chi connectivity index (χ2n) is 5.25. The van der Waals surface area contributed by atoms with Crippen molar-refractivity contribution in [2.24, 2.45) is 5.92 Å². The van der Waals surface area contributed by atoms with Gasteiger partial charge in [0.2, 0.25) is 0 Å². The molecule has 1 aliphatic carbocycles. The van der Waals surface area contributed by atoms with Gasteiger partial charge in [0, 0.05) is 0 Å². The zero-order chi connectivity index (χ0) is 13.3. The number of carboxylic acids is 1. The van der Waals surface area contributed by atoms with Crippen molar-refractivity contribution in [2.45, 2.75) is 44.6 Å². The number of aliphatic carboxylic acids is 1. The van der Waals surface area contributed by atoms with Gasteiger partial charge in [-0.2, -0.15) is 0 Å². The van der Waals surface area contributed by atoms with E-state index in [2.05, 4.69) is 6.92 Å². The molecule has 0 fully saturated rings. The lowest BCUT2D eigenvalue weighted by atomic mass is 9.68. The molecule has 0 saturated carbocycles. The minimum absolute atomic E-state index is 0.382. The monoisotopic (exact) mass is 248 g/mol. The predicted octanol–water partition coefficient (Wildman–Crippen LogP) is 2.88. The third kappa shape index (κ3) is 1.93. The van der Waals surface area contributed by atoms with E-state index in [1.165, 1.54) is 0 Å². The summed E-state index contributed by atoms with van der Waals surface area (Å²) in [4.78, 5) is 11.4. The van der Waals surface area contributed by atoms with Crippen LogP contribution in [0, 0.1) is 5.92 Å². The van der Waals surface area contributed by atoms with E-state index in [1.54, 1.807) is 0 Å². The quantitative estimate of drug-likeness (QED) is 0.864. The van der Waals surface area contributed by atoms with Crippen molar-refractivity contribution >= 4 is 5.97 Å². The molecule has 1 aliphatic rings. The van der Waals surface area contributed by atoms with E-state index >= 15 is 0 Å². The van der Waals surface area contributed by atoms with Crippen LogP contribution in [-0.2, 0) is 10.4 Å². The third-order valence-corrected chi connectivity index (χ3v) is 4.20. The Labute approximate surface area is 107 Å². The largest absolute Gasteiger partial charge is 0.481 e. The molecule has 98 valence electrons. The lowest BCUT2D eigenvalue weighted by molar-refractivity contribution is -0.155. The van der Waals surface area contributed by atoms with Crippen molar-refractivity contribution in [3.8, 4) is 0 Å². The van der Waals surface area contributed by atoms with E-state index in [0.717, 1.165) is 17.5 Å². The molecule has 0 heterocycles. The molecule has 0 bridgehead atoms. The first-order valence-electron chi connectivity index (χ1n) is 6.55. The third-order valence-electron chi connectivity index (χ3n) is 4.20. The molecule has 3 atom stereocenters. The van der Waals surface area contributed by atoms with E-state index in [-0.39, 0.29) is 0 Å². The second-order valence-corrected chi connectivity index (χ2v) is 5.25. The van der Waals surface area contributed by atoms with Gasteiger partial charge in [0.1, 0.15) is 5.60 Å². The van der Waals surface area contributed by atoms with Crippen LogP contribution < -0.4 is 0 Å². The molecular weight excluding hydrogens is 228 g/mol. The van der Waals surface area contributed by atoms with Crippen molar-refractivity contribution in [1.82, 2.24) is 0 Å². The topological polar surface area (TPSA) is 57.5 Å². The Morgan fingerprint density at radius 3 is 2.78 bits per heavy atom. The first-order valence-corrected chi connectivity index (χ1v) is 6.55. The molecule has 18 heavy (non-hydrogen) atoms. The summed E-state index contributed by atoms with van der Waals surface area (Å²) < 4.78 is 0. The number of carboxylic acid groups (broad SMARTS) is 1. The van der Waals surface area contributed by atoms with Crippen LogP contribution in [0.5, 0.6) is 0 Å². The summed E-state index contributed by atoms with van der Waals surface area (Å²) in [5.41, 5.74) is 0.674. The molecule has 1 aromatic rings.